The highest BCUT2D eigenvalue weighted by molar-refractivity contribution is 7.22. The molecule has 5 rings (SSSR count). The van der Waals surface area contributed by atoms with Crippen molar-refractivity contribution in [3.8, 4) is 5.75 Å². The molecule has 0 bridgehead atoms. The number of hydrogen-bond donors (Lipinski definition) is 1. The third-order valence-corrected chi connectivity index (χ3v) is 7.36. The van der Waals surface area contributed by atoms with Crippen LogP contribution in [-0.4, -0.2) is 28.9 Å². The van der Waals surface area contributed by atoms with E-state index in [0.717, 1.165) is 9.58 Å². The number of anilines is 1. The van der Waals surface area contributed by atoms with Gasteiger partial charge in [0.2, 0.25) is 0 Å². The first-order valence-electron chi connectivity index (χ1n) is 9.53. The molecule has 2 aromatic heterocycles. The third-order valence-electron chi connectivity index (χ3n) is 5.17. The molecule has 0 saturated carbocycles. The molecule has 0 radical (unpaired) electrons. The number of thiazole rings is 1. The van der Waals surface area contributed by atoms with Crippen LogP contribution in [0.5, 0.6) is 5.75 Å². The summed E-state index contributed by atoms with van der Waals surface area (Å²) < 4.78 is 6.10. The predicted octanol–water partition coefficient (Wildman–Crippen LogP) is 5.65. The van der Waals surface area contributed by atoms with Crippen molar-refractivity contribution in [3.05, 3.63) is 81.0 Å². The van der Waals surface area contributed by atoms with Crippen molar-refractivity contribution in [1.82, 2.24) is 4.98 Å². The van der Waals surface area contributed by atoms with E-state index in [9.17, 15) is 14.7 Å². The molecule has 1 amide bonds. The number of ether oxygens (including phenoxy) is 1. The van der Waals surface area contributed by atoms with E-state index >= 15 is 0 Å². The maximum Gasteiger partial charge on any atom is 0.301 e. The van der Waals surface area contributed by atoms with Crippen LogP contribution in [0.2, 0.25) is 5.02 Å². The molecule has 1 saturated heterocycles. The summed E-state index contributed by atoms with van der Waals surface area (Å²) in [4.78, 5) is 33.0. The van der Waals surface area contributed by atoms with Crippen molar-refractivity contribution in [2.45, 2.75) is 6.04 Å². The number of aliphatic hydroxyl groups is 1. The molecule has 0 spiro atoms. The Labute approximate surface area is 196 Å². The predicted molar refractivity (Wildman–Crippen MR) is 127 cm³/mol. The van der Waals surface area contributed by atoms with E-state index < -0.39 is 17.7 Å². The lowest BCUT2D eigenvalue weighted by Crippen LogP contribution is -2.28. The number of thiophene rings is 1. The Kier molecular flexibility index (Phi) is 5.21. The van der Waals surface area contributed by atoms with E-state index in [0.29, 0.717) is 27.0 Å². The van der Waals surface area contributed by atoms with Crippen molar-refractivity contribution in [1.29, 1.82) is 0 Å². The minimum absolute atomic E-state index is 0.0246. The van der Waals surface area contributed by atoms with Crippen LogP contribution in [-0.2, 0) is 9.59 Å². The Bertz CT molecular complexity index is 1380. The second kappa shape index (κ2) is 8.05. The van der Waals surface area contributed by atoms with Gasteiger partial charge in [0.25, 0.3) is 5.78 Å². The van der Waals surface area contributed by atoms with Crippen LogP contribution < -0.4 is 9.64 Å². The Balaban J connectivity index is 1.69. The molecule has 4 aromatic rings. The number of amides is 1. The minimum atomic E-state index is -0.784. The van der Waals surface area contributed by atoms with Crippen LogP contribution in [0.4, 0.5) is 5.13 Å². The quantitative estimate of drug-likeness (QED) is 0.231. The molecule has 160 valence electrons. The lowest BCUT2D eigenvalue weighted by Gasteiger charge is -2.21. The number of nitrogens with zero attached hydrogens (tertiary/aromatic N) is 2. The normalized spacial score (nSPS) is 17.9. The Morgan fingerprint density at radius 1 is 1.16 bits per heavy atom. The number of fused-ring (bicyclic) bond motifs is 1. The maximum atomic E-state index is 13.2. The SMILES string of the molecule is COc1ccc2nc(N3C(=O)C(=O)C(=C(O)c4ccc(Cl)cc4)C3c3cccs3)sc2c1. The summed E-state index contributed by atoms with van der Waals surface area (Å²) in [6.07, 6.45) is 0. The average molecular weight is 483 g/mol. The summed E-state index contributed by atoms with van der Waals surface area (Å²) in [6.45, 7) is 0. The zero-order chi connectivity index (χ0) is 22.4. The molecular formula is C23H15ClN2O4S2. The van der Waals surface area contributed by atoms with E-state index in [4.69, 9.17) is 16.3 Å². The molecule has 1 fully saturated rings. The number of carbonyl (C=O) groups is 2. The molecule has 32 heavy (non-hydrogen) atoms. The lowest BCUT2D eigenvalue weighted by molar-refractivity contribution is -0.132. The van der Waals surface area contributed by atoms with Gasteiger partial charge in [-0.2, -0.15) is 0 Å². The number of halogens is 1. The van der Waals surface area contributed by atoms with Gasteiger partial charge >= 0.3 is 5.91 Å². The van der Waals surface area contributed by atoms with Crippen LogP contribution in [0.3, 0.4) is 0 Å². The van der Waals surface area contributed by atoms with Gasteiger partial charge in [-0.1, -0.05) is 29.0 Å². The summed E-state index contributed by atoms with van der Waals surface area (Å²) in [5.41, 5.74) is 1.12. The maximum absolute atomic E-state index is 13.2. The molecule has 2 aromatic carbocycles. The van der Waals surface area contributed by atoms with Gasteiger partial charge in [-0.3, -0.25) is 14.5 Å². The zero-order valence-electron chi connectivity index (χ0n) is 16.6. The van der Waals surface area contributed by atoms with Crippen LogP contribution >= 0.6 is 34.3 Å². The van der Waals surface area contributed by atoms with Crippen molar-refractivity contribution in [2.24, 2.45) is 0 Å². The summed E-state index contributed by atoms with van der Waals surface area (Å²) >= 11 is 8.65. The topological polar surface area (TPSA) is 79.7 Å². The smallest absolute Gasteiger partial charge is 0.301 e. The molecule has 1 aliphatic rings. The number of aliphatic hydroxyl groups excluding tert-OH is 1. The van der Waals surface area contributed by atoms with Crippen LogP contribution in [0.15, 0.2) is 65.6 Å². The first-order chi connectivity index (χ1) is 15.5. The van der Waals surface area contributed by atoms with Gasteiger partial charge in [0.1, 0.15) is 17.6 Å². The van der Waals surface area contributed by atoms with Crippen LogP contribution in [0.1, 0.15) is 16.5 Å². The fraction of sp³-hybridized carbons (Fsp3) is 0.0870. The van der Waals surface area contributed by atoms with Gasteiger partial charge in [0.15, 0.2) is 5.13 Å². The van der Waals surface area contributed by atoms with Gasteiger partial charge in [-0.05, 0) is 53.9 Å². The Hall–Kier alpha value is -3.20. The molecule has 9 heteroatoms. The highest BCUT2D eigenvalue weighted by Gasteiger charge is 2.48. The molecule has 1 unspecified atom stereocenters. The van der Waals surface area contributed by atoms with Gasteiger partial charge in [0, 0.05) is 15.5 Å². The largest absolute Gasteiger partial charge is 0.507 e. The van der Waals surface area contributed by atoms with Gasteiger partial charge in [0.05, 0.1) is 22.9 Å². The molecule has 1 N–H and O–H groups in total. The molecular weight excluding hydrogens is 468 g/mol. The number of carbonyl (C=O) groups excluding carboxylic acids is 2. The monoisotopic (exact) mass is 482 g/mol. The molecule has 1 atom stereocenters. The van der Waals surface area contributed by atoms with Gasteiger partial charge in [-0.15, -0.1) is 11.3 Å². The standard InChI is InChI=1S/C23H15ClN2O4S2/c1-30-14-8-9-15-17(11-14)32-23(25-15)26-19(16-3-2-10-31-16)18(21(28)22(26)29)20(27)12-4-6-13(24)7-5-12/h2-11,19,27H,1H3. The summed E-state index contributed by atoms with van der Waals surface area (Å²) in [5.74, 6) is -1.06. The van der Waals surface area contributed by atoms with E-state index in [1.54, 1.807) is 43.5 Å². The minimum Gasteiger partial charge on any atom is -0.507 e. The molecule has 6 nitrogen and oxygen atoms in total. The van der Waals surface area contributed by atoms with Gasteiger partial charge < -0.3 is 9.84 Å². The van der Waals surface area contributed by atoms with E-state index in [1.807, 2.05) is 23.6 Å². The fourth-order valence-corrected chi connectivity index (χ4v) is 5.60. The van der Waals surface area contributed by atoms with Gasteiger partial charge in [-0.25, -0.2) is 4.98 Å². The number of hydrogen-bond acceptors (Lipinski definition) is 7. The van der Waals surface area contributed by atoms with Crippen molar-refractivity contribution in [3.63, 3.8) is 0 Å². The second-order valence-electron chi connectivity index (χ2n) is 7.02. The van der Waals surface area contributed by atoms with Crippen LogP contribution in [0, 0.1) is 0 Å². The number of rotatable bonds is 4. The van der Waals surface area contributed by atoms with Crippen LogP contribution in [0.25, 0.3) is 16.0 Å². The Morgan fingerprint density at radius 2 is 1.94 bits per heavy atom. The summed E-state index contributed by atoms with van der Waals surface area (Å²) in [7, 11) is 1.58. The molecule has 1 aliphatic heterocycles. The van der Waals surface area contributed by atoms with Crippen molar-refractivity contribution in [2.75, 3.05) is 12.0 Å². The molecule has 0 aliphatic carbocycles. The summed E-state index contributed by atoms with van der Waals surface area (Å²) in [5, 5.41) is 13.8. The number of benzene rings is 2. The van der Waals surface area contributed by atoms with E-state index in [-0.39, 0.29) is 11.3 Å². The third kappa shape index (κ3) is 3.37. The number of Topliss-reactive ketones (excluding diaryl/α,β-unsaturated/α-hetero) is 1. The van der Waals surface area contributed by atoms with E-state index in [1.165, 1.54) is 27.6 Å². The van der Waals surface area contributed by atoms with Crippen molar-refractivity contribution >= 4 is 67.1 Å². The highest BCUT2D eigenvalue weighted by Crippen LogP contribution is 2.45. The highest BCUT2D eigenvalue weighted by atomic mass is 35.5. The summed E-state index contributed by atoms with van der Waals surface area (Å²) in [6, 6.07) is 14.8. The number of methoxy groups -OCH3 is 1. The fourth-order valence-electron chi connectivity index (χ4n) is 3.63. The number of ketones is 1. The first-order valence-corrected chi connectivity index (χ1v) is 11.6. The second-order valence-corrected chi connectivity index (χ2v) is 9.45. The number of aromatic nitrogens is 1. The van der Waals surface area contributed by atoms with Crippen molar-refractivity contribution < 1.29 is 19.4 Å². The Morgan fingerprint density at radius 3 is 2.62 bits per heavy atom. The molecule has 3 heterocycles. The average Bonchev–Trinajstić information content (AvgIpc) is 3.52. The zero-order valence-corrected chi connectivity index (χ0v) is 19.0. The lowest BCUT2D eigenvalue weighted by atomic mass is 10.00. The van der Waals surface area contributed by atoms with E-state index in [2.05, 4.69) is 4.98 Å². The first kappa shape index (κ1) is 20.7.